The Balaban J connectivity index is 1.55. The quantitative estimate of drug-likeness (QED) is 0.652. The Morgan fingerprint density at radius 1 is 1.00 bits per heavy atom. The van der Waals surface area contributed by atoms with Crippen LogP contribution in [0.15, 0.2) is 41.7 Å². The second-order valence-corrected chi connectivity index (χ2v) is 9.31. The molecule has 1 saturated heterocycles. The van der Waals surface area contributed by atoms with Crippen molar-refractivity contribution in [1.29, 1.82) is 0 Å². The molecule has 8 heteroatoms. The Hall–Kier alpha value is -3.00. The van der Waals surface area contributed by atoms with Crippen LogP contribution in [0.5, 0.6) is 0 Å². The number of pyridine rings is 2. The highest BCUT2D eigenvalue weighted by Crippen LogP contribution is 2.18. The van der Waals surface area contributed by atoms with Crippen LogP contribution in [-0.4, -0.2) is 40.1 Å². The molecule has 34 heavy (non-hydrogen) atoms. The first-order chi connectivity index (χ1) is 16.6. The molecule has 2 fully saturated rings. The average Bonchev–Trinajstić information content (AvgIpc) is 3.34. The van der Waals surface area contributed by atoms with Gasteiger partial charge < -0.3 is 19.9 Å². The molecule has 2 N–H and O–H groups in total. The molecule has 2 aromatic rings. The number of carbonyl (C=O) groups is 2. The molecule has 4 rings (SSSR count). The lowest BCUT2D eigenvalue weighted by Gasteiger charge is -2.21. The molecule has 1 aliphatic heterocycles. The normalized spacial score (nSPS) is 19.2. The minimum absolute atomic E-state index is 0.00841. The first-order valence-electron chi connectivity index (χ1n) is 12.4. The zero-order chi connectivity index (χ0) is 23.8. The van der Waals surface area contributed by atoms with E-state index < -0.39 is 17.2 Å². The Kier molecular flexibility index (Phi) is 8.46. The maximum Gasteiger partial charge on any atom is 0.257 e. The SMILES string of the molecule is O=C(NCc1cccnc1)c1cn(CC2CCCO2)cc(C(=O)NC2CCCCCCC2)c1=O. The molecular weight excluding hydrogens is 432 g/mol. The van der Waals surface area contributed by atoms with E-state index in [4.69, 9.17) is 4.74 Å². The minimum Gasteiger partial charge on any atom is -0.376 e. The highest BCUT2D eigenvalue weighted by Gasteiger charge is 2.23. The third-order valence-electron chi connectivity index (χ3n) is 6.62. The summed E-state index contributed by atoms with van der Waals surface area (Å²) in [5, 5.41) is 5.85. The summed E-state index contributed by atoms with van der Waals surface area (Å²) < 4.78 is 7.49. The van der Waals surface area contributed by atoms with Gasteiger partial charge in [0, 0.05) is 50.5 Å². The lowest BCUT2D eigenvalue weighted by molar-refractivity contribution is 0.0914. The maximum absolute atomic E-state index is 13.2. The van der Waals surface area contributed by atoms with E-state index in [9.17, 15) is 14.4 Å². The highest BCUT2D eigenvalue weighted by molar-refractivity contribution is 5.99. The first kappa shape index (κ1) is 24.1. The van der Waals surface area contributed by atoms with Crippen molar-refractivity contribution in [2.45, 2.75) is 83.0 Å². The molecule has 8 nitrogen and oxygen atoms in total. The highest BCUT2D eigenvalue weighted by atomic mass is 16.5. The summed E-state index contributed by atoms with van der Waals surface area (Å²) in [6.45, 7) is 1.45. The average molecular weight is 467 g/mol. The summed E-state index contributed by atoms with van der Waals surface area (Å²) in [6.07, 6.45) is 15.9. The number of carbonyl (C=O) groups excluding carboxylic acids is 2. The van der Waals surface area contributed by atoms with Crippen molar-refractivity contribution < 1.29 is 14.3 Å². The van der Waals surface area contributed by atoms with Crippen molar-refractivity contribution in [1.82, 2.24) is 20.2 Å². The molecule has 0 bridgehead atoms. The zero-order valence-electron chi connectivity index (χ0n) is 19.6. The molecule has 0 spiro atoms. The van der Waals surface area contributed by atoms with Gasteiger partial charge in [0.15, 0.2) is 0 Å². The topological polar surface area (TPSA) is 102 Å². The molecule has 2 amide bonds. The number of hydrogen-bond acceptors (Lipinski definition) is 5. The predicted octanol–water partition coefficient (Wildman–Crippen LogP) is 3.20. The summed E-state index contributed by atoms with van der Waals surface area (Å²) in [5.41, 5.74) is 0.255. The molecule has 1 unspecified atom stereocenters. The third kappa shape index (κ3) is 6.53. The number of ether oxygens (including phenoxy) is 1. The van der Waals surface area contributed by atoms with E-state index in [1.165, 1.54) is 25.5 Å². The number of aromatic nitrogens is 2. The molecule has 2 aliphatic rings. The van der Waals surface area contributed by atoms with Crippen LogP contribution in [0.25, 0.3) is 0 Å². The number of nitrogens with zero attached hydrogens (tertiary/aromatic N) is 2. The minimum atomic E-state index is -0.546. The van der Waals surface area contributed by atoms with E-state index in [1.54, 1.807) is 29.2 Å². The Morgan fingerprint density at radius 3 is 2.41 bits per heavy atom. The molecule has 182 valence electrons. The lowest BCUT2D eigenvalue weighted by atomic mass is 9.96. The van der Waals surface area contributed by atoms with Crippen LogP contribution in [0.4, 0.5) is 0 Å². The van der Waals surface area contributed by atoms with Gasteiger partial charge in [-0.1, -0.05) is 38.2 Å². The van der Waals surface area contributed by atoms with Crippen molar-refractivity contribution in [2.75, 3.05) is 6.61 Å². The van der Waals surface area contributed by atoms with Crippen molar-refractivity contribution in [3.8, 4) is 0 Å². The van der Waals surface area contributed by atoms with Gasteiger partial charge in [-0.05, 0) is 37.3 Å². The molecule has 0 radical (unpaired) electrons. The molecule has 2 aromatic heterocycles. The van der Waals surface area contributed by atoms with Crippen molar-refractivity contribution in [3.63, 3.8) is 0 Å². The van der Waals surface area contributed by atoms with Gasteiger partial charge >= 0.3 is 0 Å². The second kappa shape index (κ2) is 11.9. The molecule has 3 heterocycles. The summed E-state index contributed by atoms with van der Waals surface area (Å²) >= 11 is 0. The Morgan fingerprint density at radius 2 is 1.74 bits per heavy atom. The number of hydrogen-bond donors (Lipinski definition) is 2. The van der Waals surface area contributed by atoms with Gasteiger partial charge in [-0.3, -0.25) is 19.4 Å². The van der Waals surface area contributed by atoms with Crippen LogP contribution < -0.4 is 16.1 Å². The molecular formula is C26H34N4O4. The van der Waals surface area contributed by atoms with Crippen LogP contribution in [0.1, 0.15) is 84.1 Å². The van der Waals surface area contributed by atoms with E-state index in [1.807, 2.05) is 6.07 Å². The van der Waals surface area contributed by atoms with Gasteiger partial charge in [-0.25, -0.2) is 0 Å². The van der Waals surface area contributed by atoms with Gasteiger partial charge in [-0.2, -0.15) is 0 Å². The van der Waals surface area contributed by atoms with E-state index >= 15 is 0 Å². The fourth-order valence-corrected chi connectivity index (χ4v) is 4.73. The van der Waals surface area contributed by atoms with E-state index in [0.29, 0.717) is 13.2 Å². The van der Waals surface area contributed by atoms with Crippen molar-refractivity contribution in [3.05, 3.63) is 63.8 Å². The van der Waals surface area contributed by atoms with E-state index in [-0.39, 0.29) is 29.8 Å². The van der Waals surface area contributed by atoms with Gasteiger partial charge in [-0.15, -0.1) is 0 Å². The number of rotatable bonds is 7. The fraction of sp³-hybridized carbons (Fsp3) is 0.538. The van der Waals surface area contributed by atoms with Crippen LogP contribution >= 0.6 is 0 Å². The van der Waals surface area contributed by atoms with Gasteiger partial charge in [0.1, 0.15) is 11.1 Å². The first-order valence-corrected chi connectivity index (χ1v) is 12.4. The van der Waals surface area contributed by atoms with Gasteiger partial charge in [0.25, 0.3) is 11.8 Å². The molecule has 0 aromatic carbocycles. The summed E-state index contributed by atoms with van der Waals surface area (Å²) in [4.78, 5) is 43.4. The third-order valence-corrected chi connectivity index (χ3v) is 6.62. The van der Waals surface area contributed by atoms with Crippen LogP contribution in [0.2, 0.25) is 0 Å². The summed E-state index contributed by atoms with van der Waals surface area (Å²) in [5.74, 6) is -0.908. The van der Waals surface area contributed by atoms with Gasteiger partial charge in [0.05, 0.1) is 6.10 Å². The standard InChI is InChI=1S/C26H34N4O4/c31-24-22(25(32)28-15-19-8-6-12-27-14-19)17-30(16-21-11-7-13-34-21)18-23(24)26(33)29-20-9-4-2-1-3-5-10-20/h6,8,12,14,17-18,20-21H,1-5,7,9-11,13,15-16H2,(H,28,32)(H,29,33). The number of amides is 2. The molecule has 1 atom stereocenters. The fourth-order valence-electron chi connectivity index (χ4n) is 4.73. The van der Waals surface area contributed by atoms with Crippen LogP contribution in [0, 0.1) is 0 Å². The Labute approximate surface area is 200 Å². The molecule has 1 saturated carbocycles. The summed E-state index contributed by atoms with van der Waals surface area (Å²) in [7, 11) is 0. The van der Waals surface area contributed by atoms with E-state index in [2.05, 4.69) is 15.6 Å². The monoisotopic (exact) mass is 466 g/mol. The lowest BCUT2D eigenvalue weighted by Crippen LogP contribution is -2.40. The maximum atomic E-state index is 13.2. The van der Waals surface area contributed by atoms with Crippen molar-refractivity contribution >= 4 is 11.8 Å². The summed E-state index contributed by atoms with van der Waals surface area (Å²) in [6, 6.07) is 3.69. The van der Waals surface area contributed by atoms with Crippen molar-refractivity contribution in [2.24, 2.45) is 0 Å². The Bertz CT molecular complexity index is 1020. The smallest absolute Gasteiger partial charge is 0.257 e. The zero-order valence-corrected chi connectivity index (χ0v) is 19.6. The largest absolute Gasteiger partial charge is 0.376 e. The van der Waals surface area contributed by atoms with Gasteiger partial charge in [0.2, 0.25) is 5.43 Å². The molecule has 1 aliphatic carbocycles. The van der Waals surface area contributed by atoms with Crippen LogP contribution in [-0.2, 0) is 17.8 Å². The number of nitrogens with one attached hydrogen (secondary N) is 2. The van der Waals surface area contributed by atoms with E-state index in [0.717, 1.165) is 44.1 Å². The van der Waals surface area contributed by atoms with Crippen LogP contribution in [0.3, 0.4) is 0 Å². The second-order valence-electron chi connectivity index (χ2n) is 9.31. The predicted molar refractivity (Wildman–Crippen MR) is 129 cm³/mol.